The predicted molar refractivity (Wildman–Crippen MR) is 85.6 cm³/mol. The van der Waals surface area contributed by atoms with E-state index in [0.29, 0.717) is 0 Å². The molecule has 0 bridgehead atoms. The summed E-state index contributed by atoms with van der Waals surface area (Å²) in [7, 11) is 0. The summed E-state index contributed by atoms with van der Waals surface area (Å²) < 4.78 is 0. The second kappa shape index (κ2) is 11.5. The molecule has 20 heavy (non-hydrogen) atoms. The van der Waals surface area contributed by atoms with Crippen molar-refractivity contribution in [1.29, 1.82) is 0 Å². The number of allylic oxidation sites excluding steroid dienone is 4. The van der Waals surface area contributed by atoms with E-state index in [0.717, 1.165) is 44.5 Å². The molecular formula is C17H28N2O. The summed E-state index contributed by atoms with van der Waals surface area (Å²) in [5, 5.41) is 6.33. The molecule has 112 valence electrons. The zero-order valence-corrected chi connectivity index (χ0v) is 12.7. The van der Waals surface area contributed by atoms with E-state index in [4.69, 9.17) is 0 Å². The van der Waals surface area contributed by atoms with Gasteiger partial charge >= 0.3 is 0 Å². The largest absolute Gasteiger partial charge is 0.352 e. The van der Waals surface area contributed by atoms with E-state index >= 15 is 0 Å². The molecule has 0 atom stereocenters. The predicted octanol–water partition coefficient (Wildman–Crippen LogP) is 3.11. The van der Waals surface area contributed by atoms with Crippen molar-refractivity contribution < 1.29 is 4.79 Å². The number of hydrogen-bond donors (Lipinski definition) is 2. The van der Waals surface area contributed by atoms with E-state index < -0.39 is 0 Å². The van der Waals surface area contributed by atoms with Crippen molar-refractivity contribution in [2.45, 2.75) is 45.4 Å². The fraction of sp³-hybridized carbons (Fsp3) is 0.588. The maximum atomic E-state index is 12.0. The van der Waals surface area contributed by atoms with E-state index in [1.807, 2.05) is 24.3 Å². The maximum Gasteiger partial charge on any atom is 0.250 e. The Kier molecular flexibility index (Phi) is 9.58. The van der Waals surface area contributed by atoms with Crippen LogP contribution in [0.2, 0.25) is 0 Å². The summed E-state index contributed by atoms with van der Waals surface area (Å²) in [6.07, 6.45) is 16.6. The Bertz CT molecular complexity index is 356. The van der Waals surface area contributed by atoms with Crippen LogP contribution in [0.5, 0.6) is 0 Å². The fourth-order valence-electron chi connectivity index (χ4n) is 2.11. The number of amides is 1. The van der Waals surface area contributed by atoms with Gasteiger partial charge in [0.15, 0.2) is 0 Å². The highest BCUT2D eigenvalue weighted by atomic mass is 16.1. The van der Waals surface area contributed by atoms with Gasteiger partial charge in [-0.1, -0.05) is 44.1 Å². The third kappa shape index (κ3) is 7.95. The van der Waals surface area contributed by atoms with Crippen LogP contribution in [0.1, 0.15) is 45.4 Å². The van der Waals surface area contributed by atoms with Gasteiger partial charge in [0.2, 0.25) is 0 Å². The molecule has 0 spiro atoms. The normalized spacial score (nSPS) is 20.4. The molecule has 0 aromatic carbocycles. The minimum absolute atomic E-state index is 0.0594. The van der Waals surface area contributed by atoms with Crippen LogP contribution in [0, 0.1) is 0 Å². The summed E-state index contributed by atoms with van der Waals surface area (Å²) in [4.78, 5) is 12.0. The first-order valence-corrected chi connectivity index (χ1v) is 7.87. The minimum atomic E-state index is 0.0594. The molecule has 0 fully saturated rings. The summed E-state index contributed by atoms with van der Waals surface area (Å²) in [5.41, 5.74) is 0.793. The monoisotopic (exact) mass is 276 g/mol. The van der Waals surface area contributed by atoms with Gasteiger partial charge in [-0.25, -0.2) is 0 Å². The smallest absolute Gasteiger partial charge is 0.250 e. The number of nitrogens with one attached hydrogen (secondary N) is 2. The van der Waals surface area contributed by atoms with Crippen molar-refractivity contribution in [2.75, 3.05) is 19.6 Å². The van der Waals surface area contributed by atoms with Gasteiger partial charge in [-0.3, -0.25) is 4.79 Å². The molecule has 0 radical (unpaired) electrons. The van der Waals surface area contributed by atoms with Crippen LogP contribution >= 0.6 is 0 Å². The molecule has 1 rings (SSSR count). The molecule has 0 aromatic rings. The number of hydrogen-bond acceptors (Lipinski definition) is 2. The second-order valence-electron chi connectivity index (χ2n) is 5.05. The maximum absolute atomic E-state index is 12.0. The topological polar surface area (TPSA) is 41.1 Å². The molecule has 0 saturated heterocycles. The Hall–Kier alpha value is -1.35. The molecular weight excluding hydrogens is 248 g/mol. The van der Waals surface area contributed by atoms with Crippen molar-refractivity contribution in [1.82, 2.24) is 10.6 Å². The van der Waals surface area contributed by atoms with E-state index in [9.17, 15) is 4.79 Å². The summed E-state index contributed by atoms with van der Waals surface area (Å²) in [5.74, 6) is 0.0594. The van der Waals surface area contributed by atoms with Crippen molar-refractivity contribution >= 4 is 5.91 Å². The first-order chi connectivity index (χ1) is 9.84. The zero-order valence-electron chi connectivity index (χ0n) is 12.7. The highest BCUT2D eigenvalue weighted by Gasteiger charge is 2.05. The molecule has 1 aliphatic carbocycles. The lowest BCUT2D eigenvalue weighted by molar-refractivity contribution is -0.117. The molecule has 0 aliphatic heterocycles. The van der Waals surface area contributed by atoms with Gasteiger partial charge < -0.3 is 10.6 Å². The Balaban J connectivity index is 2.09. The van der Waals surface area contributed by atoms with E-state index in [-0.39, 0.29) is 5.91 Å². The lowest BCUT2D eigenvalue weighted by Crippen LogP contribution is -2.25. The van der Waals surface area contributed by atoms with Crippen LogP contribution in [0.25, 0.3) is 0 Å². The second-order valence-corrected chi connectivity index (χ2v) is 5.05. The average Bonchev–Trinajstić information content (AvgIpc) is 2.41. The van der Waals surface area contributed by atoms with Crippen LogP contribution < -0.4 is 10.6 Å². The molecule has 1 amide bonds. The Morgan fingerprint density at radius 3 is 2.70 bits per heavy atom. The lowest BCUT2D eigenvalue weighted by Gasteiger charge is -2.07. The minimum Gasteiger partial charge on any atom is -0.352 e. The van der Waals surface area contributed by atoms with Crippen LogP contribution in [0.15, 0.2) is 36.0 Å². The standard InChI is InChI=1S/C17H28N2O/c1-2-18-14-10-6-7-11-15-19-17(20)16-12-8-4-3-5-9-13-16/h3-4,8,12-13,18H,2,5-7,9-11,14-15H2,1H3,(H,19,20)/b4-3+,12-8-,16-13+. The van der Waals surface area contributed by atoms with Gasteiger partial charge in [-0.15, -0.1) is 0 Å². The van der Waals surface area contributed by atoms with Crippen molar-refractivity contribution in [3.05, 3.63) is 36.0 Å². The van der Waals surface area contributed by atoms with Gasteiger partial charge in [0.25, 0.3) is 5.91 Å². The van der Waals surface area contributed by atoms with Crippen LogP contribution in [-0.2, 0) is 4.79 Å². The molecule has 1 aliphatic rings. The molecule has 3 nitrogen and oxygen atoms in total. The lowest BCUT2D eigenvalue weighted by atomic mass is 10.1. The summed E-state index contributed by atoms with van der Waals surface area (Å²) >= 11 is 0. The third-order valence-corrected chi connectivity index (χ3v) is 3.30. The number of rotatable bonds is 9. The Morgan fingerprint density at radius 1 is 1.10 bits per heavy atom. The molecule has 0 aromatic heterocycles. The van der Waals surface area contributed by atoms with Gasteiger partial charge in [-0.05, 0) is 44.8 Å². The van der Waals surface area contributed by atoms with Crippen LogP contribution in [0.3, 0.4) is 0 Å². The van der Waals surface area contributed by atoms with Gasteiger partial charge in [-0.2, -0.15) is 0 Å². The van der Waals surface area contributed by atoms with Crippen molar-refractivity contribution in [3.63, 3.8) is 0 Å². The Labute approximate surface area is 123 Å². The van der Waals surface area contributed by atoms with Crippen LogP contribution in [-0.4, -0.2) is 25.5 Å². The van der Waals surface area contributed by atoms with Crippen LogP contribution in [0.4, 0.5) is 0 Å². The van der Waals surface area contributed by atoms with Gasteiger partial charge in [0, 0.05) is 12.1 Å². The fourth-order valence-corrected chi connectivity index (χ4v) is 2.11. The van der Waals surface area contributed by atoms with E-state index in [2.05, 4.69) is 23.6 Å². The van der Waals surface area contributed by atoms with Gasteiger partial charge in [0.05, 0.1) is 0 Å². The quantitative estimate of drug-likeness (QED) is 0.635. The molecule has 2 N–H and O–H groups in total. The number of carbonyl (C=O) groups is 1. The van der Waals surface area contributed by atoms with E-state index in [1.54, 1.807) is 0 Å². The average molecular weight is 276 g/mol. The number of carbonyl (C=O) groups excluding carboxylic acids is 1. The molecule has 0 unspecified atom stereocenters. The van der Waals surface area contributed by atoms with Gasteiger partial charge in [0.1, 0.15) is 0 Å². The first-order valence-electron chi connectivity index (χ1n) is 7.87. The van der Waals surface area contributed by atoms with Crippen molar-refractivity contribution in [2.24, 2.45) is 0 Å². The first kappa shape index (κ1) is 16.7. The zero-order chi connectivity index (χ0) is 14.5. The summed E-state index contributed by atoms with van der Waals surface area (Å²) in [6, 6.07) is 0. The molecule has 0 heterocycles. The Morgan fingerprint density at radius 2 is 1.90 bits per heavy atom. The molecule has 3 heteroatoms. The highest BCUT2D eigenvalue weighted by molar-refractivity contribution is 5.96. The van der Waals surface area contributed by atoms with Crippen molar-refractivity contribution in [3.8, 4) is 0 Å². The summed E-state index contributed by atoms with van der Waals surface area (Å²) in [6.45, 7) is 5.06. The molecule has 0 saturated carbocycles. The van der Waals surface area contributed by atoms with E-state index in [1.165, 1.54) is 19.3 Å². The highest BCUT2D eigenvalue weighted by Crippen LogP contribution is 2.06. The number of unbranched alkanes of at least 4 members (excludes halogenated alkanes) is 3. The third-order valence-electron chi connectivity index (χ3n) is 3.30. The SMILES string of the molecule is CCNCCCCCCNC(=O)C1=C/CC/C=C/C=C\1.